The summed E-state index contributed by atoms with van der Waals surface area (Å²) in [5, 5.41) is 4.50. The molecular formula is C2H8OTi. The number of hydrogen-bond acceptors (Lipinski definition) is 0. The van der Waals surface area contributed by atoms with Gasteiger partial charge in [-0.15, -0.1) is 0 Å². The van der Waals surface area contributed by atoms with Crippen LogP contribution in [-0.4, -0.2) is 5.48 Å². The van der Waals surface area contributed by atoms with Gasteiger partial charge in [-0.05, 0) is 0 Å². The third-order valence-electron chi connectivity index (χ3n) is 0. The fourth-order valence-corrected chi connectivity index (χ4v) is 0. The van der Waals surface area contributed by atoms with E-state index in [4.69, 9.17) is 0 Å². The molecular weight excluding hydrogens is 87.9 g/mol. The van der Waals surface area contributed by atoms with Gasteiger partial charge in [0.05, 0.1) is 0 Å². The molecule has 0 aliphatic heterocycles. The molecule has 0 bridgehead atoms. The van der Waals surface area contributed by atoms with E-state index in [1.165, 1.54) is 0 Å². The van der Waals surface area contributed by atoms with E-state index >= 15 is 0 Å². The first-order valence-electron chi connectivity index (χ1n) is 1.00. The van der Waals surface area contributed by atoms with Crippen LogP contribution < -0.4 is 0 Å². The Kier molecular flexibility index (Phi) is 20.7. The molecule has 26 valence electrons. The van der Waals surface area contributed by atoms with Crippen molar-refractivity contribution in [2.24, 2.45) is 0 Å². The van der Waals surface area contributed by atoms with Gasteiger partial charge in [0.25, 0.3) is 0 Å². The molecule has 0 saturated carbocycles. The van der Waals surface area contributed by atoms with Crippen LogP contribution in [0.25, 0.3) is 0 Å². The van der Waals surface area contributed by atoms with Gasteiger partial charge >= 0.3 is 29.6 Å². The zero-order valence-electron chi connectivity index (χ0n) is 3.00. The minimum absolute atomic E-state index is 0. The molecule has 1 nitrogen and oxygen atoms in total. The predicted octanol–water partition coefficient (Wildman–Crippen LogP) is 0.340. The maximum absolute atomic E-state index is 2.25. The molecule has 0 atom stereocenters. The van der Waals surface area contributed by atoms with Crippen LogP contribution in [0.1, 0.15) is 0 Å². The zero-order chi connectivity index (χ0) is 2.71. The van der Waals surface area contributed by atoms with Crippen LogP contribution >= 0.6 is 0 Å². The van der Waals surface area contributed by atoms with Crippen molar-refractivity contribution in [3.63, 3.8) is 0 Å². The van der Waals surface area contributed by atoms with Gasteiger partial charge in [-0.1, -0.05) is 0 Å². The molecule has 0 radical (unpaired) electrons. The Labute approximate surface area is 35.6 Å². The van der Waals surface area contributed by atoms with Gasteiger partial charge in [0.1, 0.15) is 0 Å². The van der Waals surface area contributed by atoms with Crippen LogP contribution in [0.3, 0.4) is 0 Å². The summed E-state index contributed by atoms with van der Waals surface area (Å²) in [5.74, 6) is 0. The molecule has 2 N–H and O–H groups in total. The average Bonchev–Trinajstić information content (AvgIpc) is 0.918. The summed E-state index contributed by atoms with van der Waals surface area (Å²) in [7, 11) is 0. The van der Waals surface area contributed by atoms with E-state index in [0.29, 0.717) is 19.2 Å². The quantitative estimate of drug-likeness (QED) is 0.389. The Bertz CT molecular complexity index is 6.00. The van der Waals surface area contributed by atoms with Crippen LogP contribution in [0, 0.1) is 0 Å². The third kappa shape index (κ3) is 16.5. The normalized spacial score (nSPS) is 3.50. The van der Waals surface area contributed by atoms with Crippen LogP contribution in [0.15, 0.2) is 0 Å². The van der Waals surface area contributed by atoms with Gasteiger partial charge in [0.15, 0.2) is 0 Å². The summed E-state index contributed by atoms with van der Waals surface area (Å²) in [5.41, 5.74) is 0. The van der Waals surface area contributed by atoms with E-state index in [1.54, 1.807) is 0 Å². The number of hydrogen-bond donors (Lipinski definition) is 0. The first-order chi connectivity index (χ1) is 1.41. The molecule has 0 aromatic rings. The van der Waals surface area contributed by atoms with Gasteiger partial charge in [0, 0.05) is 0 Å². The van der Waals surface area contributed by atoms with Crippen molar-refractivity contribution in [1.82, 2.24) is 0 Å². The van der Waals surface area contributed by atoms with Crippen molar-refractivity contribution in [3.8, 4) is 0 Å². The van der Waals surface area contributed by atoms with Crippen LogP contribution in [0.5, 0.6) is 0 Å². The Hall–Kier alpha value is 0.674. The molecule has 2 heteroatoms. The fraction of sp³-hybridized carbons (Fsp3) is 1.00. The molecule has 0 unspecified atom stereocenters. The molecule has 0 aromatic heterocycles. The Morgan fingerprint density at radius 2 is 1.25 bits per heavy atom. The molecule has 0 aliphatic carbocycles. The van der Waals surface area contributed by atoms with Crippen molar-refractivity contribution in [2.75, 3.05) is 0 Å². The summed E-state index contributed by atoms with van der Waals surface area (Å²) >= 11 is 0.500. The second-order valence-corrected chi connectivity index (χ2v) is 2.06. The molecule has 0 rings (SSSR count). The number of rotatable bonds is 0. The van der Waals surface area contributed by atoms with Crippen molar-refractivity contribution in [1.29, 1.82) is 0 Å². The third-order valence-corrected chi connectivity index (χ3v) is 0. The molecule has 0 aliphatic rings. The fourth-order valence-electron chi connectivity index (χ4n) is 0. The van der Waals surface area contributed by atoms with E-state index in [9.17, 15) is 0 Å². The zero-order valence-corrected chi connectivity index (χ0v) is 4.56. The van der Waals surface area contributed by atoms with Crippen LogP contribution in [0.4, 0.5) is 0 Å². The van der Waals surface area contributed by atoms with E-state index in [1.807, 2.05) is 0 Å². The summed E-state index contributed by atoms with van der Waals surface area (Å²) in [4.78, 5) is 0. The Balaban J connectivity index is 0. The first kappa shape index (κ1) is 8.82. The van der Waals surface area contributed by atoms with Gasteiger partial charge in [0.2, 0.25) is 0 Å². The summed E-state index contributed by atoms with van der Waals surface area (Å²) in [6.07, 6.45) is 0. The molecule has 0 fully saturated rings. The second-order valence-electron chi connectivity index (χ2n) is 0.500. The molecule has 0 heterocycles. The monoisotopic (exact) mass is 96.0 g/mol. The van der Waals surface area contributed by atoms with Gasteiger partial charge in [-0.2, -0.15) is 0 Å². The second kappa shape index (κ2) is 9.37. The van der Waals surface area contributed by atoms with Crippen LogP contribution in [-0.2, 0) is 19.2 Å². The topological polar surface area (TPSA) is 31.5 Å². The standard InChI is InChI=1S/2CH3.H2O.Ti/h2*1H3;1H2;. The van der Waals surface area contributed by atoms with Crippen molar-refractivity contribution >= 4 is 0 Å². The van der Waals surface area contributed by atoms with Crippen LogP contribution in [0.2, 0.25) is 10.5 Å². The summed E-state index contributed by atoms with van der Waals surface area (Å²) < 4.78 is 0. The Morgan fingerprint density at radius 1 is 1.25 bits per heavy atom. The molecule has 0 spiro atoms. The van der Waals surface area contributed by atoms with Gasteiger partial charge in [-0.3, -0.25) is 0 Å². The average molecular weight is 96.0 g/mol. The van der Waals surface area contributed by atoms with Crippen molar-refractivity contribution < 1.29 is 24.6 Å². The van der Waals surface area contributed by atoms with E-state index in [2.05, 4.69) is 10.5 Å². The summed E-state index contributed by atoms with van der Waals surface area (Å²) in [6.45, 7) is 0. The Morgan fingerprint density at radius 3 is 1.25 bits per heavy atom. The van der Waals surface area contributed by atoms with E-state index in [-0.39, 0.29) is 5.48 Å². The van der Waals surface area contributed by atoms with Crippen molar-refractivity contribution in [3.05, 3.63) is 0 Å². The van der Waals surface area contributed by atoms with Crippen molar-refractivity contribution in [2.45, 2.75) is 10.5 Å². The minimum atomic E-state index is 0. The maximum atomic E-state index is 2.25. The molecule has 0 amide bonds. The summed E-state index contributed by atoms with van der Waals surface area (Å²) in [6, 6.07) is 0. The SMILES string of the molecule is O.[CH3][Ti][CH3]. The molecule has 0 aromatic carbocycles. The van der Waals surface area contributed by atoms with Gasteiger partial charge in [-0.25, -0.2) is 0 Å². The predicted molar refractivity (Wildman–Crippen MR) is 15.3 cm³/mol. The van der Waals surface area contributed by atoms with E-state index in [0.717, 1.165) is 0 Å². The van der Waals surface area contributed by atoms with Gasteiger partial charge < -0.3 is 5.48 Å². The molecule has 0 saturated heterocycles. The molecule has 4 heavy (non-hydrogen) atoms. The first-order valence-corrected chi connectivity index (χ1v) is 4.12. The van der Waals surface area contributed by atoms with E-state index < -0.39 is 0 Å².